The number of morpholine rings is 1. The van der Waals surface area contributed by atoms with Crippen molar-refractivity contribution in [2.24, 2.45) is 0 Å². The smallest absolute Gasteiger partial charge is 0.0963 e. The van der Waals surface area contributed by atoms with Crippen molar-refractivity contribution < 1.29 is 9.47 Å². The molecule has 1 aliphatic heterocycles. The summed E-state index contributed by atoms with van der Waals surface area (Å²) in [5.74, 6) is 0. The highest BCUT2D eigenvalue weighted by Crippen LogP contribution is 2.28. The summed E-state index contributed by atoms with van der Waals surface area (Å²) in [6.45, 7) is 4.47. The molecule has 1 fully saturated rings. The zero-order valence-electron chi connectivity index (χ0n) is 10.1. The normalized spacial score (nSPS) is 21.6. The summed E-state index contributed by atoms with van der Waals surface area (Å²) in [7, 11) is 1.74. The predicted octanol–water partition coefficient (Wildman–Crippen LogP) is 2.47. The fourth-order valence-electron chi connectivity index (χ4n) is 2.05. The predicted molar refractivity (Wildman–Crippen MR) is 71.2 cm³/mol. The van der Waals surface area contributed by atoms with Gasteiger partial charge in [-0.25, -0.2) is 0 Å². The highest BCUT2D eigenvalue weighted by atomic mass is 79.9. The summed E-state index contributed by atoms with van der Waals surface area (Å²) >= 11 is 3.58. The molecule has 1 saturated heterocycles. The quantitative estimate of drug-likeness (QED) is 0.852. The standard InChI is InChI=1S/C13H18BrNO2/c1-16-8-6-15-7-9-17-13(10-15)11-4-2-3-5-12(11)14/h2-5,13H,6-10H2,1H3. The van der Waals surface area contributed by atoms with E-state index in [9.17, 15) is 0 Å². The van der Waals surface area contributed by atoms with E-state index in [0.717, 1.165) is 37.3 Å². The number of benzene rings is 1. The van der Waals surface area contributed by atoms with E-state index in [2.05, 4.69) is 39.0 Å². The van der Waals surface area contributed by atoms with Crippen molar-refractivity contribution >= 4 is 15.9 Å². The van der Waals surface area contributed by atoms with Gasteiger partial charge in [0.25, 0.3) is 0 Å². The molecule has 2 rings (SSSR count). The number of methoxy groups -OCH3 is 1. The van der Waals surface area contributed by atoms with E-state index in [1.807, 2.05) is 6.07 Å². The molecule has 1 aliphatic rings. The number of nitrogens with zero attached hydrogens (tertiary/aromatic N) is 1. The van der Waals surface area contributed by atoms with Crippen LogP contribution in [-0.4, -0.2) is 44.9 Å². The Kier molecular flexibility index (Phi) is 4.98. The minimum absolute atomic E-state index is 0.163. The second kappa shape index (κ2) is 6.50. The van der Waals surface area contributed by atoms with Crippen LogP contribution in [0, 0.1) is 0 Å². The molecule has 4 heteroatoms. The summed E-state index contributed by atoms with van der Waals surface area (Å²) in [5.41, 5.74) is 1.23. The van der Waals surface area contributed by atoms with Crippen LogP contribution in [0.25, 0.3) is 0 Å². The molecule has 1 aromatic carbocycles. The van der Waals surface area contributed by atoms with Gasteiger partial charge in [-0.1, -0.05) is 34.1 Å². The van der Waals surface area contributed by atoms with Gasteiger partial charge in [-0.3, -0.25) is 4.90 Å². The van der Waals surface area contributed by atoms with Crippen LogP contribution >= 0.6 is 15.9 Å². The number of hydrogen-bond acceptors (Lipinski definition) is 3. The number of ether oxygens (including phenoxy) is 2. The van der Waals surface area contributed by atoms with Crippen molar-refractivity contribution in [1.29, 1.82) is 0 Å². The van der Waals surface area contributed by atoms with Crippen LogP contribution in [0.15, 0.2) is 28.7 Å². The molecule has 0 bridgehead atoms. The van der Waals surface area contributed by atoms with E-state index in [4.69, 9.17) is 9.47 Å². The first kappa shape index (κ1) is 13.0. The zero-order chi connectivity index (χ0) is 12.1. The Morgan fingerprint density at radius 1 is 1.47 bits per heavy atom. The van der Waals surface area contributed by atoms with Crippen LogP contribution in [0.1, 0.15) is 11.7 Å². The molecule has 17 heavy (non-hydrogen) atoms. The van der Waals surface area contributed by atoms with Gasteiger partial charge in [-0.2, -0.15) is 0 Å². The highest BCUT2D eigenvalue weighted by molar-refractivity contribution is 9.10. The molecule has 0 amide bonds. The average Bonchev–Trinajstić information content (AvgIpc) is 2.37. The van der Waals surface area contributed by atoms with Crippen LogP contribution in [-0.2, 0) is 9.47 Å². The maximum Gasteiger partial charge on any atom is 0.0963 e. The van der Waals surface area contributed by atoms with E-state index in [0.29, 0.717) is 0 Å². The fraction of sp³-hybridized carbons (Fsp3) is 0.538. The first-order valence-corrected chi connectivity index (χ1v) is 6.68. The lowest BCUT2D eigenvalue weighted by Crippen LogP contribution is -2.40. The molecule has 0 radical (unpaired) electrons. The monoisotopic (exact) mass is 299 g/mol. The Bertz CT molecular complexity index is 359. The van der Waals surface area contributed by atoms with Gasteiger partial charge in [-0.15, -0.1) is 0 Å². The first-order chi connectivity index (χ1) is 8.31. The average molecular weight is 300 g/mol. The Morgan fingerprint density at radius 3 is 3.06 bits per heavy atom. The molecule has 0 saturated carbocycles. The molecule has 1 atom stereocenters. The molecule has 0 aliphatic carbocycles. The van der Waals surface area contributed by atoms with Gasteiger partial charge in [-0.05, 0) is 11.6 Å². The topological polar surface area (TPSA) is 21.7 Å². The fourth-order valence-corrected chi connectivity index (χ4v) is 2.59. The molecule has 0 N–H and O–H groups in total. The number of halogens is 1. The maximum absolute atomic E-state index is 5.84. The largest absolute Gasteiger partial charge is 0.383 e. The minimum atomic E-state index is 0.163. The first-order valence-electron chi connectivity index (χ1n) is 5.88. The third kappa shape index (κ3) is 3.52. The van der Waals surface area contributed by atoms with Crippen LogP contribution in [0.4, 0.5) is 0 Å². The molecular formula is C13H18BrNO2. The van der Waals surface area contributed by atoms with Crippen LogP contribution in [0.5, 0.6) is 0 Å². The van der Waals surface area contributed by atoms with E-state index in [1.54, 1.807) is 7.11 Å². The van der Waals surface area contributed by atoms with Gasteiger partial charge >= 0.3 is 0 Å². The SMILES string of the molecule is COCCN1CCOC(c2ccccc2Br)C1. The van der Waals surface area contributed by atoms with Crippen molar-refractivity contribution in [1.82, 2.24) is 4.90 Å². The summed E-state index contributed by atoms with van der Waals surface area (Å²) in [5, 5.41) is 0. The Morgan fingerprint density at radius 2 is 2.29 bits per heavy atom. The van der Waals surface area contributed by atoms with Crippen molar-refractivity contribution in [3.05, 3.63) is 34.3 Å². The van der Waals surface area contributed by atoms with Gasteiger partial charge in [0.05, 0.1) is 19.3 Å². The van der Waals surface area contributed by atoms with Gasteiger partial charge in [0.2, 0.25) is 0 Å². The third-order valence-corrected chi connectivity index (χ3v) is 3.74. The summed E-state index contributed by atoms with van der Waals surface area (Å²) < 4.78 is 12.1. The lowest BCUT2D eigenvalue weighted by molar-refractivity contribution is -0.0359. The molecule has 0 spiro atoms. The van der Waals surface area contributed by atoms with E-state index < -0.39 is 0 Å². The molecule has 94 valence electrons. The highest BCUT2D eigenvalue weighted by Gasteiger charge is 2.22. The van der Waals surface area contributed by atoms with E-state index in [1.165, 1.54) is 5.56 Å². The minimum Gasteiger partial charge on any atom is -0.383 e. The molecule has 1 heterocycles. The molecule has 1 unspecified atom stereocenters. The number of rotatable bonds is 4. The summed E-state index contributed by atoms with van der Waals surface area (Å²) in [6, 6.07) is 8.26. The summed E-state index contributed by atoms with van der Waals surface area (Å²) in [6.07, 6.45) is 0.163. The molecule has 1 aromatic rings. The van der Waals surface area contributed by atoms with Crippen molar-refractivity contribution in [2.75, 3.05) is 40.0 Å². The third-order valence-electron chi connectivity index (χ3n) is 3.01. The van der Waals surface area contributed by atoms with Crippen LogP contribution in [0.3, 0.4) is 0 Å². The second-order valence-electron chi connectivity index (χ2n) is 4.17. The van der Waals surface area contributed by atoms with Crippen LogP contribution in [0.2, 0.25) is 0 Å². The Hall–Kier alpha value is -0.420. The molecular weight excluding hydrogens is 282 g/mol. The lowest BCUT2D eigenvalue weighted by Gasteiger charge is -2.33. The number of hydrogen-bond donors (Lipinski definition) is 0. The van der Waals surface area contributed by atoms with Gasteiger partial charge < -0.3 is 9.47 Å². The van der Waals surface area contributed by atoms with Gasteiger partial charge in [0, 0.05) is 31.2 Å². The van der Waals surface area contributed by atoms with Crippen molar-refractivity contribution in [3.63, 3.8) is 0 Å². The van der Waals surface area contributed by atoms with Gasteiger partial charge in [0.15, 0.2) is 0 Å². The molecule has 0 aromatic heterocycles. The van der Waals surface area contributed by atoms with Gasteiger partial charge in [0.1, 0.15) is 0 Å². The van der Waals surface area contributed by atoms with Crippen molar-refractivity contribution in [3.8, 4) is 0 Å². The lowest BCUT2D eigenvalue weighted by atomic mass is 10.1. The van der Waals surface area contributed by atoms with Crippen molar-refractivity contribution in [2.45, 2.75) is 6.10 Å². The van der Waals surface area contributed by atoms with E-state index >= 15 is 0 Å². The summed E-state index contributed by atoms with van der Waals surface area (Å²) in [4.78, 5) is 2.39. The zero-order valence-corrected chi connectivity index (χ0v) is 11.6. The van der Waals surface area contributed by atoms with E-state index in [-0.39, 0.29) is 6.10 Å². The Labute approximate surface area is 111 Å². The Balaban J connectivity index is 1.99. The molecule has 3 nitrogen and oxygen atoms in total. The maximum atomic E-state index is 5.84. The van der Waals surface area contributed by atoms with Crippen LogP contribution < -0.4 is 0 Å². The second-order valence-corrected chi connectivity index (χ2v) is 5.03.